The highest BCUT2D eigenvalue weighted by atomic mass is 32.2. The fraction of sp³-hybridized carbons (Fsp3) is 0.136. The van der Waals surface area contributed by atoms with Gasteiger partial charge in [-0.25, -0.2) is 4.98 Å². The van der Waals surface area contributed by atoms with Crippen LogP contribution in [0.25, 0.3) is 21.3 Å². The maximum atomic E-state index is 12.2. The highest BCUT2D eigenvalue weighted by Crippen LogP contribution is 2.33. The third-order valence-corrected chi connectivity index (χ3v) is 6.71. The molecule has 0 spiro atoms. The lowest BCUT2D eigenvalue weighted by atomic mass is 10.0. The van der Waals surface area contributed by atoms with Gasteiger partial charge in [0.1, 0.15) is 5.75 Å². The van der Waals surface area contributed by atoms with Crippen LogP contribution in [-0.2, 0) is 14.3 Å². The van der Waals surface area contributed by atoms with E-state index in [0.717, 1.165) is 26.9 Å². The molecule has 7 heteroatoms. The number of fused-ring (bicyclic) bond motifs is 1. The number of hydrogen-bond donors (Lipinski definition) is 0. The van der Waals surface area contributed by atoms with Crippen molar-refractivity contribution in [1.29, 1.82) is 0 Å². The second-order valence-corrected chi connectivity index (χ2v) is 9.02. The second kappa shape index (κ2) is 7.94. The van der Waals surface area contributed by atoms with Crippen LogP contribution >= 0.6 is 11.3 Å². The van der Waals surface area contributed by atoms with E-state index in [1.54, 1.807) is 25.1 Å². The zero-order valence-corrected chi connectivity index (χ0v) is 17.6. The fourth-order valence-electron chi connectivity index (χ4n) is 2.99. The third-order valence-electron chi connectivity index (χ3n) is 4.42. The van der Waals surface area contributed by atoms with Crippen LogP contribution in [0, 0.1) is 6.92 Å². The number of benzene rings is 3. The highest BCUT2D eigenvalue weighted by Gasteiger charge is 2.16. The SMILES string of the molecule is CCOS(=O)(=O)c1ccc(C)c(-c2ccc(Oc3nc4ccccc4s3)cc2)c1. The lowest BCUT2D eigenvalue weighted by Crippen LogP contribution is -2.06. The number of hydrogen-bond acceptors (Lipinski definition) is 6. The van der Waals surface area contributed by atoms with E-state index >= 15 is 0 Å². The number of aryl methyl sites for hydroxylation is 1. The molecule has 0 atom stereocenters. The summed E-state index contributed by atoms with van der Waals surface area (Å²) in [4.78, 5) is 4.62. The van der Waals surface area contributed by atoms with Crippen molar-refractivity contribution in [2.45, 2.75) is 18.7 Å². The average molecular weight is 426 g/mol. The molecule has 0 amide bonds. The van der Waals surface area contributed by atoms with Gasteiger partial charge in [0.05, 0.1) is 21.7 Å². The minimum atomic E-state index is -3.75. The van der Waals surface area contributed by atoms with Crippen molar-refractivity contribution in [3.63, 3.8) is 0 Å². The van der Waals surface area contributed by atoms with E-state index in [1.807, 2.05) is 55.5 Å². The van der Waals surface area contributed by atoms with Crippen LogP contribution in [-0.4, -0.2) is 20.0 Å². The molecule has 0 unspecified atom stereocenters. The molecule has 148 valence electrons. The largest absolute Gasteiger partial charge is 0.431 e. The van der Waals surface area contributed by atoms with Gasteiger partial charge < -0.3 is 4.74 Å². The van der Waals surface area contributed by atoms with Crippen molar-refractivity contribution in [1.82, 2.24) is 4.98 Å². The molecule has 4 rings (SSSR count). The predicted octanol–water partition coefficient (Wildman–Crippen LogP) is 5.79. The van der Waals surface area contributed by atoms with Gasteiger partial charge in [0, 0.05) is 0 Å². The summed E-state index contributed by atoms with van der Waals surface area (Å²) in [6.07, 6.45) is 0. The summed E-state index contributed by atoms with van der Waals surface area (Å²) in [6.45, 7) is 3.69. The van der Waals surface area contributed by atoms with Crippen molar-refractivity contribution in [2.75, 3.05) is 6.61 Å². The molecule has 29 heavy (non-hydrogen) atoms. The van der Waals surface area contributed by atoms with E-state index < -0.39 is 10.1 Å². The molecule has 0 N–H and O–H groups in total. The van der Waals surface area contributed by atoms with Crippen molar-refractivity contribution in [2.24, 2.45) is 0 Å². The van der Waals surface area contributed by atoms with Gasteiger partial charge in [0.2, 0.25) is 0 Å². The molecule has 0 fully saturated rings. The summed E-state index contributed by atoms with van der Waals surface area (Å²) in [7, 11) is -3.75. The second-order valence-electron chi connectivity index (χ2n) is 6.41. The fourth-order valence-corrected chi connectivity index (χ4v) is 4.77. The Kier molecular flexibility index (Phi) is 5.36. The van der Waals surface area contributed by atoms with Gasteiger partial charge in [-0.3, -0.25) is 4.18 Å². The number of thiazole rings is 1. The van der Waals surface area contributed by atoms with E-state index in [1.165, 1.54) is 11.3 Å². The minimum Gasteiger partial charge on any atom is -0.431 e. The van der Waals surface area contributed by atoms with Gasteiger partial charge in [-0.1, -0.05) is 41.7 Å². The maximum Gasteiger partial charge on any atom is 0.296 e. The quantitative estimate of drug-likeness (QED) is 0.366. The van der Waals surface area contributed by atoms with Crippen LogP contribution in [0.4, 0.5) is 0 Å². The standard InChI is InChI=1S/C22H19NO4S2/c1-3-26-29(24,25)18-13-8-15(2)19(14-18)16-9-11-17(12-10-16)27-22-23-20-6-4-5-7-21(20)28-22/h4-14H,3H2,1-2H3. The summed E-state index contributed by atoms with van der Waals surface area (Å²) in [6, 6.07) is 20.4. The number of ether oxygens (including phenoxy) is 1. The van der Waals surface area contributed by atoms with Gasteiger partial charge in [-0.15, -0.1) is 0 Å². The van der Waals surface area contributed by atoms with E-state index in [-0.39, 0.29) is 11.5 Å². The zero-order chi connectivity index (χ0) is 20.4. The molecular formula is C22H19NO4S2. The number of nitrogens with zero attached hydrogens (tertiary/aromatic N) is 1. The van der Waals surface area contributed by atoms with Gasteiger partial charge >= 0.3 is 0 Å². The monoisotopic (exact) mass is 425 g/mol. The van der Waals surface area contributed by atoms with Crippen LogP contribution in [0.3, 0.4) is 0 Å². The molecule has 0 saturated carbocycles. The molecule has 0 aliphatic heterocycles. The highest BCUT2D eigenvalue weighted by molar-refractivity contribution is 7.86. The smallest absolute Gasteiger partial charge is 0.296 e. The number of rotatable bonds is 6. The van der Waals surface area contributed by atoms with Gasteiger partial charge in [-0.2, -0.15) is 8.42 Å². The van der Waals surface area contributed by atoms with E-state index in [2.05, 4.69) is 4.98 Å². The van der Waals surface area contributed by atoms with Crippen LogP contribution in [0.2, 0.25) is 0 Å². The van der Waals surface area contributed by atoms with Crippen LogP contribution in [0.15, 0.2) is 71.6 Å². The number of aromatic nitrogens is 1. The molecule has 1 aromatic heterocycles. The minimum absolute atomic E-state index is 0.101. The Morgan fingerprint density at radius 3 is 2.48 bits per heavy atom. The zero-order valence-electron chi connectivity index (χ0n) is 16.0. The van der Waals surface area contributed by atoms with E-state index in [9.17, 15) is 8.42 Å². The number of para-hydroxylation sites is 1. The summed E-state index contributed by atoms with van der Waals surface area (Å²) in [5.41, 5.74) is 3.61. The van der Waals surface area contributed by atoms with Crippen LogP contribution in [0.5, 0.6) is 10.9 Å². The van der Waals surface area contributed by atoms with Crippen LogP contribution in [0.1, 0.15) is 12.5 Å². The normalized spacial score (nSPS) is 11.7. The first-order valence-electron chi connectivity index (χ1n) is 9.10. The van der Waals surface area contributed by atoms with Crippen molar-refractivity contribution in [3.05, 3.63) is 72.3 Å². The summed E-state index contributed by atoms with van der Waals surface area (Å²) in [5, 5.41) is 0.583. The molecule has 0 saturated heterocycles. The average Bonchev–Trinajstić information content (AvgIpc) is 3.11. The Labute approximate surface area is 173 Å². The molecule has 4 aromatic rings. The molecule has 3 aromatic carbocycles. The summed E-state index contributed by atoms with van der Waals surface area (Å²) >= 11 is 1.49. The molecular weight excluding hydrogens is 406 g/mol. The predicted molar refractivity (Wildman–Crippen MR) is 115 cm³/mol. The Bertz CT molecular complexity index is 1230. The van der Waals surface area contributed by atoms with Crippen molar-refractivity contribution < 1.29 is 17.3 Å². The van der Waals surface area contributed by atoms with Crippen LogP contribution < -0.4 is 4.74 Å². The maximum absolute atomic E-state index is 12.2. The van der Waals surface area contributed by atoms with Gasteiger partial charge in [0.15, 0.2) is 0 Å². The molecule has 0 aliphatic rings. The van der Waals surface area contributed by atoms with E-state index in [0.29, 0.717) is 10.9 Å². The molecule has 0 radical (unpaired) electrons. The lowest BCUT2D eigenvalue weighted by molar-refractivity contribution is 0.338. The summed E-state index contributed by atoms with van der Waals surface area (Å²) in [5.74, 6) is 0.670. The first kappa shape index (κ1) is 19.6. The Morgan fingerprint density at radius 2 is 1.76 bits per heavy atom. The van der Waals surface area contributed by atoms with Crippen molar-refractivity contribution in [3.8, 4) is 22.1 Å². The van der Waals surface area contributed by atoms with Gasteiger partial charge in [0.25, 0.3) is 15.3 Å². The summed E-state index contributed by atoms with van der Waals surface area (Å²) < 4.78 is 36.3. The Morgan fingerprint density at radius 1 is 1.00 bits per heavy atom. The molecule has 0 bridgehead atoms. The van der Waals surface area contributed by atoms with Gasteiger partial charge in [-0.05, 0) is 66.9 Å². The molecule has 0 aliphatic carbocycles. The van der Waals surface area contributed by atoms with Crippen molar-refractivity contribution >= 4 is 31.7 Å². The third kappa shape index (κ3) is 4.17. The van der Waals surface area contributed by atoms with E-state index in [4.69, 9.17) is 8.92 Å². The first-order chi connectivity index (χ1) is 14.0. The molecule has 1 heterocycles. The lowest BCUT2D eigenvalue weighted by Gasteiger charge is -2.10. The first-order valence-corrected chi connectivity index (χ1v) is 11.3. The topological polar surface area (TPSA) is 65.5 Å². The molecule has 5 nitrogen and oxygen atoms in total. The Balaban J connectivity index is 1.60. The Hall–Kier alpha value is -2.74.